The first-order chi connectivity index (χ1) is 10.8. The van der Waals surface area contributed by atoms with Gasteiger partial charge in [0.15, 0.2) is 0 Å². The number of rotatable bonds is 2. The molecule has 110 valence electrons. The molecule has 0 unspecified atom stereocenters. The molecule has 1 N–H and O–H groups in total. The number of hydrogen-bond acceptors (Lipinski definition) is 2. The molecule has 4 heteroatoms. The second kappa shape index (κ2) is 5.30. The number of aromatic amines is 1. The lowest BCUT2D eigenvalue weighted by molar-refractivity contribution is 0.0793. The van der Waals surface area contributed by atoms with Gasteiger partial charge in [-0.05, 0) is 48.2 Å². The Morgan fingerprint density at radius 3 is 2.59 bits per heavy atom. The number of pyridine rings is 1. The number of nitrogens with one attached hydrogen (secondary N) is 1. The summed E-state index contributed by atoms with van der Waals surface area (Å²) < 4.78 is 0. The molecule has 3 heterocycles. The van der Waals surface area contributed by atoms with Gasteiger partial charge in [-0.2, -0.15) is 0 Å². The number of amides is 1. The maximum absolute atomic E-state index is 12.4. The fourth-order valence-electron chi connectivity index (χ4n) is 3.11. The van der Waals surface area contributed by atoms with Gasteiger partial charge in [0, 0.05) is 36.4 Å². The Morgan fingerprint density at radius 2 is 1.82 bits per heavy atom. The van der Waals surface area contributed by atoms with E-state index >= 15 is 0 Å². The smallest absolute Gasteiger partial charge is 0.253 e. The van der Waals surface area contributed by atoms with Crippen LogP contribution in [-0.4, -0.2) is 33.9 Å². The molecule has 1 aliphatic rings. The minimum atomic E-state index is 0.144. The molecule has 0 saturated carbocycles. The van der Waals surface area contributed by atoms with Gasteiger partial charge in [0.05, 0.1) is 0 Å². The van der Waals surface area contributed by atoms with Crippen molar-refractivity contribution in [3.63, 3.8) is 0 Å². The zero-order valence-electron chi connectivity index (χ0n) is 12.2. The van der Waals surface area contributed by atoms with Crippen LogP contribution >= 0.6 is 0 Å². The minimum Gasteiger partial charge on any atom is -0.346 e. The van der Waals surface area contributed by atoms with Crippen LogP contribution in [0.1, 0.15) is 23.2 Å². The van der Waals surface area contributed by atoms with Crippen molar-refractivity contribution >= 4 is 16.9 Å². The van der Waals surface area contributed by atoms with Crippen LogP contribution in [0.3, 0.4) is 0 Å². The summed E-state index contributed by atoms with van der Waals surface area (Å²) in [6, 6.07) is 11.9. The van der Waals surface area contributed by atoms with E-state index in [1.165, 1.54) is 0 Å². The summed E-state index contributed by atoms with van der Waals surface area (Å²) in [5.41, 5.74) is 3.89. The molecule has 0 aliphatic carbocycles. The van der Waals surface area contributed by atoms with Gasteiger partial charge in [0.2, 0.25) is 0 Å². The average molecular weight is 291 g/mol. The third-order valence-corrected chi connectivity index (χ3v) is 4.30. The zero-order chi connectivity index (χ0) is 14.9. The average Bonchev–Trinajstić information content (AvgIpc) is 3.25. The van der Waals surface area contributed by atoms with Crippen molar-refractivity contribution in [2.75, 3.05) is 13.1 Å². The summed E-state index contributed by atoms with van der Waals surface area (Å²) in [6.07, 6.45) is 5.93. The molecule has 1 saturated heterocycles. The van der Waals surface area contributed by atoms with E-state index in [1.54, 1.807) is 6.20 Å². The molecule has 1 aliphatic heterocycles. The lowest BCUT2D eigenvalue weighted by Gasteiger charge is -2.15. The van der Waals surface area contributed by atoms with E-state index in [0.717, 1.165) is 53.7 Å². The van der Waals surface area contributed by atoms with Crippen LogP contribution < -0.4 is 0 Å². The summed E-state index contributed by atoms with van der Waals surface area (Å²) in [6.45, 7) is 1.77. The molecule has 4 nitrogen and oxygen atoms in total. The van der Waals surface area contributed by atoms with Gasteiger partial charge < -0.3 is 9.88 Å². The number of likely N-dealkylation sites (tertiary alicyclic amines) is 1. The van der Waals surface area contributed by atoms with E-state index in [2.05, 4.69) is 9.97 Å². The number of aromatic nitrogens is 2. The molecule has 0 spiro atoms. The third kappa shape index (κ3) is 2.17. The minimum absolute atomic E-state index is 0.144. The van der Waals surface area contributed by atoms with E-state index < -0.39 is 0 Å². The third-order valence-electron chi connectivity index (χ3n) is 4.30. The number of benzene rings is 1. The van der Waals surface area contributed by atoms with Gasteiger partial charge in [-0.3, -0.25) is 4.79 Å². The van der Waals surface area contributed by atoms with Crippen molar-refractivity contribution in [2.24, 2.45) is 0 Å². The van der Waals surface area contributed by atoms with Crippen molar-refractivity contribution in [1.82, 2.24) is 14.9 Å². The van der Waals surface area contributed by atoms with E-state index in [-0.39, 0.29) is 5.91 Å². The molecule has 3 aromatic rings. The second-order valence-electron chi connectivity index (χ2n) is 5.68. The first kappa shape index (κ1) is 13.1. The summed E-state index contributed by atoms with van der Waals surface area (Å²) >= 11 is 0. The van der Waals surface area contributed by atoms with E-state index in [9.17, 15) is 4.79 Å². The SMILES string of the molecule is O=C(c1ccc(-c2ccnc3[nH]ccc23)cc1)N1CCCC1. The van der Waals surface area contributed by atoms with Crippen LogP contribution in [0, 0.1) is 0 Å². The molecule has 1 aromatic carbocycles. The fraction of sp³-hybridized carbons (Fsp3) is 0.222. The van der Waals surface area contributed by atoms with Gasteiger partial charge in [0.1, 0.15) is 5.65 Å². The highest BCUT2D eigenvalue weighted by molar-refractivity contribution is 5.96. The van der Waals surface area contributed by atoms with Gasteiger partial charge in [-0.25, -0.2) is 4.98 Å². The maximum atomic E-state index is 12.4. The van der Waals surface area contributed by atoms with E-state index in [4.69, 9.17) is 0 Å². The lowest BCUT2D eigenvalue weighted by atomic mass is 10.0. The van der Waals surface area contributed by atoms with Crippen LogP contribution in [0.5, 0.6) is 0 Å². The molecule has 4 rings (SSSR count). The highest BCUT2D eigenvalue weighted by Gasteiger charge is 2.19. The zero-order valence-corrected chi connectivity index (χ0v) is 12.2. The predicted molar refractivity (Wildman–Crippen MR) is 86.7 cm³/mol. The van der Waals surface area contributed by atoms with Gasteiger partial charge >= 0.3 is 0 Å². The second-order valence-corrected chi connectivity index (χ2v) is 5.68. The van der Waals surface area contributed by atoms with Crippen molar-refractivity contribution < 1.29 is 4.79 Å². The van der Waals surface area contributed by atoms with Gasteiger partial charge in [0.25, 0.3) is 5.91 Å². The van der Waals surface area contributed by atoms with Crippen LogP contribution in [0.15, 0.2) is 48.8 Å². The van der Waals surface area contributed by atoms with Crippen LogP contribution in [0.2, 0.25) is 0 Å². The Balaban J connectivity index is 1.67. The lowest BCUT2D eigenvalue weighted by Crippen LogP contribution is -2.27. The molecule has 2 aromatic heterocycles. The van der Waals surface area contributed by atoms with Crippen molar-refractivity contribution in [3.8, 4) is 11.1 Å². The van der Waals surface area contributed by atoms with Crippen LogP contribution in [0.25, 0.3) is 22.2 Å². The molecular weight excluding hydrogens is 274 g/mol. The Kier molecular flexibility index (Phi) is 3.15. The van der Waals surface area contributed by atoms with Crippen LogP contribution in [-0.2, 0) is 0 Å². The maximum Gasteiger partial charge on any atom is 0.253 e. The molecule has 0 radical (unpaired) electrons. The van der Waals surface area contributed by atoms with Crippen molar-refractivity contribution in [2.45, 2.75) is 12.8 Å². The van der Waals surface area contributed by atoms with Crippen molar-refractivity contribution in [1.29, 1.82) is 0 Å². The highest BCUT2D eigenvalue weighted by Crippen LogP contribution is 2.27. The monoisotopic (exact) mass is 291 g/mol. The first-order valence-electron chi connectivity index (χ1n) is 7.65. The van der Waals surface area contributed by atoms with E-state index in [0.29, 0.717) is 0 Å². The Labute approximate surface area is 128 Å². The number of nitrogens with zero attached hydrogens (tertiary/aromatic N) is 2. The molecular formula is C18H17N3O. The predicted octanol–water partition coefficient (Wildman–Crippen LogP) is 3.47. The quantitative estimate of drug-likeness (QED) is 0.786. The van der Waals surface area contributed by atoms with E-state index in [1.807, 2.05) is 47.5 Å². The Morgan fingerprint density at radius 1 is 1.05 bits per heavy atom. The molecule has 1 fully saturated rings. The molecule has 0 bridgehead atoms. The number of carbonyl (C=O) groups excluding carboxylic acids is 1. The largest absolute Gasteiger partial charge is 0.346 e. The number of carbonyl (C=O) groups is 1. The van der Waals surface area contributed by atoms with Gasteiger partial charge in [-0.1, -0.05) is 12.1 Å². The molecule has 1 amide bonds. The Bertz CT molecular complexity index is 814. The highest BCUT2D eigenvalue weighted by atomic mass is 16.2. The number of H-pyrrole nitrogens is 1. The fourth-order valence-corrected chi connectivity index (χ4v) is 3.11. The topological polar surface area (TPSA) is 49.0 Å². The summed E-state index contributed by atoms with van der Waals surface area (Å²) in [7, 11) is 0. The molecule has 22 heavy (non-hydrogen) atoms. The standard InChI is InChI=1S/C18H17N3O/c22-18(21-11-1-2-12-21)14-5-3-13(4-6-14)15-7-9-19-17-16(15)8-10-20-17/h3-10H,1-2,11-12H2,(H,19,20). The number of fused-ring (bicyclic) bond motifs is 1. The molecule has 0 atom stereocenters. The van der Waals surface area contributed by atoms with Crippen LogP contribution in [0.4, 0.5) is 0 Å². The normalized spacial score (nSPS) is 14.6. The van der Waals surface area contributed by atoms with Gasteiger partial charge in [-0.15, -0.1) is 0 Å². The van der Waals surface area contributed by atoms with Crippen molar-refractivity contribution in [3.05, 3.63) is 54.4 Å². The Hall–Kier alpha value is -2.62. The summed E-state index contributed by atoms with van der Waals surface area (Å²) in [4.78, 5) is 21.7. The first-order valence-corrected chi connectivity index (χ1v) is 7.65. The summed E-state index contributed by atoms with van der Waals surface area (Å²) in [5, 5.41) is 1.10. The number of hydrogen-bond donors (Lipinski definition) is 1. The summed E-state index contributed by atoms with van der Waals surface area (Å²) in [5.74, 6) is 0.144.